The summed E-state index contributed by atoms with van der Waals surface area (Å²) in [5.74, 6) is 5.90. The van der Waals surface area contributed by atoms with E-state index in [0.717, 1.165) is 154 Å². The summed E-state index contributed by atoms with van der Waals surface area (Å²) in [4.78, 5) is 46.7. The smallest absolute Gasteiger partial charge is 0.140 e. The van der Waals surface area contributed by atoms with Crippen LogP contribution in [-0.4, -0.2) is 198 Å². The zero-order chi connectivity index (χ0) is 59.3. The average Bonchev–Trinajstić information content (AvgIpc) is 1.77. The van der Waals surface area contributed by atoms with Gasteiger partial charge in [-0.25, -0.2) is 19.9 Å². The molecule has 446 valence electrons. The van der Waals surface area contributed by atoms with Crippen LogP contribution in [0.4, 0.5) is 0 Å². The first-order valence-electron chi connectivity index (χ1n) is 29.7. The SMILES string of the molecule is CN(C)CCCOc1ccc2nc(-c3ccc(-c4nc5ccc(OCCCN(C)C)cc5[nH]4)c4nn(CCCCn5nc6c(-c7nc8ccc(OCCCN(C)C)cc8[nH]7)ccc(-c7nc8ccc(OCCCN(C)C)cc8[nH]7)c6n5)nc34)[nH]c2c1. The summed E-state index contributed by atoms with van der Waals surface area (Å²) in [6, 6.07) is 32.1. The van der Waals surface area contributed by atoms with Gasteiger partial charge in [0.25, 0.3) is 0 Å². The zero-order valence-corrected chi connectivity index (χ0v) is 50.4. The van der Waals surface area contributed by atoms with Gasteiger partial charge in [-0.2, -0.15) is 30.0 Å². The van der Waals surface area contributed by atoms with E-state index in [9.17, 15) is 0 Å². The van der Waals surface area contributed by atoms with Gasteiger partial charge in [0.05, 0.1) is 83.7 Å². The van der Waals surface area contributed by atoms with Crippen molar-refractivity contribution in [3.63, 3.8) is 0 Å². The largest absolute Gasteiger partial charge is 0.493 e. The molecule has 0 radical (unpaired) electrons. The minimum Gasteiger partial charge on any atom is -0.493 e. The molecule has 0 bridgehead atoms. The van der Waals surface area contributed by atoms with Crippen LogP contribution >= 0.6 is 0 Å². The van der Waals surface area contributed by atoms with E-state index in [1.807, 2.05) is 97.1 Å². The molecule has 0 unspecified atom stereocenters. The maximum Gasteiger partial charge on any atom is 0.140 e. The van der Waals surface area contributed by atoms with Crippen molar-refractivity contribution >= 4 is 66.2 Å². The van der Waals surface area contributed by atoms with Gasteiger partial charge in [-0.15, -0.1) is 0 Å². The molecule has 12 rings (SSSR count). The van der Waals surface area contributed by atoms with Crippen LogP contribution in [0.5, 0.6) is 23.0 Å². The van der Waals surface area contributed by atoms with E-state index in [2.05, 4.69) is 95.9 Å². The summed E-state index contributed by atoms with van der Waals surface area (Å²) in [7, 11) is 16.5. The van der Waals surface area contributed by atoms with E-state index in [1.54, 1.807) is 9.59 Å². The number of hydrogen-bond acceptors (Lipinski definition) is 16. The molecule has 0 saturated carbocycles. The molecule has 6 aromatic carbocycles. The third-order valence-corrected chi connectivity index (χ3v) is 15.0. The number of rotatable bonds is 29. The summed E-state index contributed by atoms with van der Waals surface area (Å²) >= 11 is 0. The molecule has 12 aromatic rings. The number of aryl methyl sites for hydroxylation is 2. The van der Waals surface area contributed by atoms with Gasteiger partial charge in [0.1, 0.15) is 68.4 Å². The Balaban J connectivity index is 0.826. The second-order valence-corrected chi connectivity index (χ2v) is 23.1. The van der Waals surface area contributed by atoms with Gasteiger partial charge in [0, 0.05) is 72.7 Å². The fourth-order valence-electron chi connectivity index (χ4n) is 10.6. The van der Waals surface area contributed by atoms with Gasteiger partial charge >= 0.3 is 0 Å². The van der Waals surface area contributed by atoms with E-state index >= 15 is 0 Å². The number of nitrogens with zero attached hydrogens (tertiary/aromatic N) is 14. The van der Waals surface area contributed by atoms with E-state index in [1.165, 1.54) is 0 Å². The quantitative estimate of drug-likeness (QED) is 0.0320. The number of imidazole rings is 4. The third kappa shape index (κ3) is 13.3. The molecule has 0 aliphatic rings. The van der Waals surface area contributed by atoms with Crippen LogP contribution in [0.2, 0.25) is 0 Å². The van der Waals surface area contributed by atoms with Crippen molar-refractivity contribution in [1.29, 1.82) is 0 Å². The summed E-state index contributed by atoms with van der Waals surface area (Å²) in [5, 5.41) is 20.8. The Hall–Kier alpha value is -8.96. The standard InChI is InChI=1S/C64H76N18O4/c1-77(2)27-11-33-83-41-15-23-49-53(37-41)69-61(65-49)45-19-20-46(62-66-50-24-16-42(38-54(50)70-62)84-34-12-28-78(3)4)58-57(45)73-81(74-58)31-9-10-32-82-75-59-47(63-67-51-25-17-43(39-55(51)71-63)85-35-13-29-79(5)6)21-22-48(60(59)76-82)64-68-52-26-18-44(40-56(52)72-64)86-36-14-30-80(7)8/h15-26,37-40H,9-14,27-36H2,1-8H3,(H,65,69)(H,66,70)(H,67,71)(H,68,72). The summed E-state index contributed by atoms with van der Waals surface area (Å²) in [5.41, 5.74) is 12.9. The van der Waals surface area contributed by atoms with Crippen LogP contribution in [-0.2, 0) is 13.1 Å². The molecular weight excluding hydrogens is 1080 g/mol. The monoisotopic (exact) mass is 1160 g/mol. The number of aromatic nitrogens is 14. The number of nitrogens with one attached hydrogen (secondary N) is 4. The Morgan fingerprint density at radius 2 is 0.570 bits per heavy atom. The van der Waals surface area contributed by atoms with Crippen LogP contribution in [0.15, 0.2) is 97.1 Å². The van der Waals surface area contributed by atoms with E-state index in [0.29, 0.717) is 84.9 Å². The molecule has 0 amide bonds. The molecule has 86 heavy (non-hydrogen) atoms. The van der Waals surface area contributed by atoms with Gasteiger partial charge in [0.2, 0.25) is 0 Å². The number of benzene rings is 6. The van der Waals surface area contributed by atoms with Crippen LogP contribution in [0.3, 0.4) is 0 Å². The topological polar surface area (TPSA) is 226 Å². The first-order chi connectivity index (χ1) is 41.8. The molecule has 22 heteroatoms. The number of fused-ring (bicyclic) bond motifs is 6. The number of aromatic amines is 4. The van der Waals surface area contributed by atoms with Crippen molar-refractivity contribution in [2.24, 2.45) is 0 Å². The first kappa shape index (κ1) is 57.5. The third-order valence-electron chi connectivity index (χ3n) is 15.0. The van der Waals surface area contributed by atoms with Gasteiger partial charge in [-0.1, -0.05) is 0 Å². The normalized spacial score (nSPS) is 12.2. The second kappa shape index (κ2) is 25.7. The molecule has 22 nitrogen and oxygen atoms in total. The molecule has 4 N–H and O–H groups in total. The van der Waals surface area contributed by atoms with Crippen LogP contribution in [0, 0.1) is 0 Å². The van der Waals surface area contributed by atoms with Gasteiger partial charge < -0.3 is 58.5 Å². The molecule has 0 aliphatic carbocycles. The molecule has 6 aromatic heterocycles. The molecule has 0 aliphatic heterocycles. The van der Waals surface area contributed by atoms with E-state index < -0.39 is 0 Å². The molecule has 0 spiro atoms. The predicted octanol–water partition coefficient (Wildman–Crippen LogP) is 10.2. The minimum absolute atomic E-state index is 0.537. The lowest BCUT2D eigenvalue weighted by Crippen LogP contribution is -2.15. The van der Waals surface area contributed by atoms with Crippen LogP contribution in [0.1, 0.15) is 38.5 Å². The zero-order valence-electron chi connectivity index (χ0n) is 50.4. The highest BCUT2D eigenvalue weighted by Gasteiger charge is 2.23. The van der Waals surface area contributed by atoms with Gasteiger partial charge in [-0.05, 0) is 168 Å². The maximum atomic E-state index is 6.13. The van der Waals surface area contributed by atoms with Crippen molar-refractivity contribution in [1.82, 2.24) is 89.5 Å². The average molecular weight is 1160 g/mol. The lowest BCUT2D eigenvalue weighted by atomic mass is 10.1. The van der Waals surface area contributed by atoms with Crippen LogP contribution < -0.4 is 18.9 Å². The van der Waals surface area contributed by atoms with Crippen molar-refractivity contribution in [2.45, 2.75) is 51.6 Å². The van der Waals surface area contributed by atoms with Gasteiger partial charge in [-0.3, -0.25) is 0 Å². The Bertz CT molecular complexity index is 3750. The Kier molecular flexibility index (Phi) is 17.2. The minimum atomic E-state index is 0.537. The highest BCUT2D eigenvalue weighted by atomic mass is 16.5. The van der Waals surface area contributed by atoms with Crippen molar-refractivity contribution in [3.8, 4) is 68.5 Å². The highest BCUT2D eigenvalue weighted by molar-refractivity contribution is 6.01. The Morgan fingerprint density at radius 1 is 0.326 bits per heavy atom. The summed E-state index contributed by atoms with van der Waals surface area (Å²) in [6.45, 7) is 7.37. The molecular formula is C64H76N18O4. The fourth-order valence-corrected chi connectivity index (χ4v) is 10.6. The second-order valence-electron chi connectivity index (χ2n) is 23.1. The number of H-pyrrole nitrogens is 4. The van der Waals surface area contributed by atoms with Crippen molar-refractivity contribution in [3.05, 3.63) is 97.1 Å². The van der Waals surface area contributed by atoms with E-state index in [4.69, 9.17) is 59.3 Å². The lowest BCUT2D eigenvalue weighted by molar-refractivity contribution is 0.282. The summed E-state index contributed by atoms with van der Waals surface area (Å²) < 4.78 is 24.5. The molecule has 0 fully saturated rings. The van der Waals surface area contributed by atoms with Crippen molar-refractivity contribution in [2.75, 3.05) is 109 Å². The molecule has 6 heterocycles. The number of ether oxygens (including phenoxy) is 4. The highest BCUT2D eigenvalue weighted by Crippen LogP contribution is 2.37. The Morgan fingerprint density at radius 3 is 0.802 bits per heavy atom. The van der Waals surface area contributed by atoms with E-state index in [-0.39, 0.29) is 0 Å². The van der Waals surface area contributed by atoms with Crippen molar-refractivity contribution < 1.29 is 18.9 Å². The molecule has 0 atom stereocenters. The predicted molar refractivity (Wildman–Crippen MR) is 339 cm³/mol. The summed E-state index contributed by atoms with van der Waals surface area (Å²) in [6.07, 6.45) is 5.18. The lowest BCUT2D eigenvalue weighted by Gasteiger charge is -2.10. The number of unbranched alkanes of at least 4 members (excludes halogenated alkanes) is 1. The number of hydrogen-bond donors (Lipinski definition) is 4. The van der Waals surface area contributed by atoms with Gasteiger partial charge in [0.15, 0.2) is 0 Å². The maximum absolute atomic E-state index is 6.13. The molecule has 0 saturated heterocycles. The first-order valence-corrected chi connectivity index (χ1v) is 29.7. The Labute approximate surface area is 498 Å². The van der Waals surface area contributed by atoms with Crippen LogP contribution in [0.25, 0.3) is 112 Å². The fraction of sp³-hybridized carbons (Fsp3) is 0.375.